The summed E-state index contributed by atoms with van der Waals surface area (Å²) in [5.41, 5.74) is 5.63. The maximum Gasteiger partial charge on any atom is 0.223 e. The summed E-state index contributed by atoms with van der Waals surface area (Å²) in [6.45, 7) is 1.56. The molecule has 106 valence electrons. The van der Waals surface area contributed by atoms with E-state index in [0.717, 1.165) is 32.2 Å². The molecule has 0 bridgehead atoms. The van der Waals surface area contributed by atoms with Crippen LogP contribution < -0.4 is 11.1 Å². The molecule has 1 rings (SSSR count). The van der Waals surface area contributed by atoms with Crippen LogP contribution >= 0.6 is 0 Å². The highest BCUT2D eigenvalue weighted by Gasteiger charge is 2.25. The van der Waals surface area contributed by atoms with Crippen LogP contribution in [0.3, 0.4) is 0 Å². The second-order valence-corrected chi connectivity index (χ2v) is 5.14. The number of amides is 1. The maximum absolute atomic E-state index is 11.9. The van der Waals surface area contributed by atoms with Crippen molar-refractivity contribution in [1.82, 2.24) is 5.32 Å². The third-order valence-electron chi connectivity index (χ3n) is 3.69. The molecule has 0 aliphatic heterocycles. The lowest BCUT2D eigenvalue weighted by atomic mass is 9.81. The van der Waals surface area contributed by atoms with Gasteiger partial charge in [-0.1, -0.05) is 0 Å². The van der Waals surface area contributed by atoms with Gasteiger partial charge in [-0.05, 0) is 44.6 Å². The molecule has 1 fully saturated rings. The number of aliphatic hydroxyl groups is 1. The molecule has 5 nitrogen and oxygen atoms in total. The van der Waals surface area contributed by atoms with E-state index in [2.05, 4.69) is 5.32 Å². The van der Waals surface area contributed by atoms with Gasteiger partial charge in [0.25, 0.3) is 0 Å². The minimum atomic E-state index is -0.497. The Bertz CT molecular complexity index is 240. The van der Waals surface area contributed by atoms with Crippen LogP contribution in [0, 0.1) is 11.8 Å². The SMILES string of the molecule is COCC(O)CCNC(=O)C1CCC(CN)CC1. The summed E-state index contributed by atoms with van der Waals surface area (Å²) in [5, 5.41) is 12.3. The molecule has 1 atom stereocenters. The molecule has 1 amide bonds. The van der Waals surface area contributed by atoms with Crippen LogP contribution in [0.1, 0.15) is 32.1 Å². The largest absolute Gasteiger partial charge is 0.391 e. The van der Waals surface area contributed by atoms with Crippen molar-refractivity contribution in [1.29, 1.82) is 0 Å². The van der Waals surface area contributed by atoms with Crippen LogP contribution in [-0.2, 0) is 9.53 Å². The lowest BCUT2D eigenvalue weighted by Gasteiger charge is -2.26. The molecule has 1 aliphatic rings. The van der Waals surface area contributed by atoms with Gasteiger partial charge in [0.1, 0.15) is 0 Å². The minimum Gasteiger partial charge on any atom is -0.391 e. The number of carbonyl (C=O) groups is 1. The second kappa shape index (κ2) is 8.45. The van der Waals surface area contributed by atoms with Crippen LogP contribution in [0.25, 0.3) is 0 Å². The first kappa shape index (κ1) is 15.4. The Labute approximate surface area is 109 Å². The van der Waals surface area contributed by atoms with Gasteiger partial charge in [-0.15, -0.1) is 0 Å². The Morgan fingerprint density at radius 1 is 1.44 bits per heavy atom. The number of aliphatic hydroxyl groups excluding tert-OH is 1. The highest BCUT2D eigenvalue weighted by Crippen LogP contribution is 2.28. The van der Waals surface area contributed by atoms with E-state index >= 15 is 0 Å². The molecule has 5 heteroatoms. The smallest absolute Gasteiger partial charge is 0.223 e. The van der Waals surface area contributed by atoms with Crippen LogP contribution in [0.4, 0.5) is 0 Å². The first-order chi connectivity index (χ1) is 8.67. The number of hydrogen-bond donors (Lipinski definition) is 3. The Hall–Kier alpha value is -0.650. The first-order valence-electron chi connectivity index (χ1n) is 6.82. The lowest BCUT2D eigenvalue weighted by Crippen LogP contribution is -2.36. The van der Waals surface area contributed by atoms with Crippen molar-refractivity contribution in [3.8, 4) is 0 Å². The zero-order valence-corrected chi connectivity index (χ0v) is 11.2. The van der Waals surface area contributed by atoms with Gasteiger partial charge >= 0.3 is 0 Å². The minimum absolute atomic E-state index is 0.120. The fourth-order valence-electron chi connectivity index (χ4n) is 2.44. The predicted octanol–water partition coefficient (Wildman–Crippen LogP) is 0.265. The lowest BCUT2D eigenvalue weighted by molar-refractivity contribution is -0.126. The fourth-order valence-corrected chi connectivity index (χ4v) is 2.44. The van der Waals surface area contributed by atoms with Crippen molar-refractivity contribution in [3.63, 3.8) is 0 Å². The zero-order valence-electron chi connectivity index (χ0n) is 11.2. The monoisotopic (exact) mass is 258 g/mol. The Balaban J connectivity index is 2.14. The summed E-state index contributed by atoms with van der Waals surface area (Å²) in [7, 11) is 1.55. The van der Waals surface area contributed by atoms with Gasteiger partial charge < -0.3 is 20.9 Å². The molecule has 0 spiro atoms. The van der Waals surface area contributed by atoms with Gasteiger partial charge in [-0.25, -0.2) is 0 Å². The third kappa shape index (κ3) is 5.33. The molecule has 0 radical (unpaired) electrons. The molecule has 0 saturated heterocycles. The van der Waals surface area contributed by atoms with E-state index < -0.39 is 6.10 Å². The number of methoxy groups -OCH3 is 1. The molecule has 0 heterocycles. The normalized spacial score (nSPS) is 25.7. The van der Waals surface area contributed by atoms with Crippen LogP contribution in [-0.4, -0.2) is 43.9 Å². The second-order valence-electron chi connectivity index (χ2n) is 5.14. The quantitative estimate of drug-likeness (QED) is 0.612. The Kier molecular flexibility index (Phi) is 7.23. The van der Waals surface area contributed by atoms with Gasteiger partial charge in [0.05, 0.1) is 12.7 Å². The van der Waals surface area contributed by atoms with Crippen LogP contribution in [0.5, 0.6) is 0 Å². The van der Waals surface area contributed by atoms with Crippen molar-refractivity contribution in [3.05, 3.63) is 0 Å². The van der Waals surface area contributed by atoms with E-state index in [1.54, 1.807) is 7.11 Å². The number of hydrogen-bond acceptors (Lipinski definition) is 4. The van der Waals surface area contributed by atoms with Gasteiger partial charge in [0.2, 0.25) is 5.91 Å². The topological polar surface area (TPSA) is 84.6 Å². The molecule has 0 aromatic rings. The third-order valence-corrected chi connectivity index (χ3v) is 3.69. The number of nitrogens with two attached hydrogens (primary N) is 1. The number of nitrogens with one attached hydrogen (secondary N) is 1. The molecule has 18 heavy (non-hydrogen) atoms. The summed E-state index contributed by atoms with van der Waals surface area (Å²) in [6.07, 6.45) is 4.03. The molecular formula is C13H26N2O3. The average molecular weight is 258 g/mol. The molecule has 1 saturated carbocycles. The summed E-state index contributed by atoms with van der Waals surface area (Å²) < 4.78 is 4.83. The highest BCUT2D eigenvalue weighted by atomic mass is 16.5. The Morgan fingerprint density at radius 2 is 2.11 bits per heavy atom. The summed E-state index contributed by atoms with van der Waals surface area (Å²) >= 11 is 0. The molecule has 0 aromatic heterocycles. The summed E-state index contributed by atoms with van der Waals surface area (Å²) in [5.74, 6) is 0.847. The van der Waals surface area contributed by atoms with Crippen molar-refractivity contribution in [2.45, 2.75) is 38.2 Å². The number of rotatable bonds is 7. The van der Waals surface area contributed by atoms with E-state index in [0.29, 0.717) is 25.5 Å². The van der Waals surface area contributed by atoms with E-state index in [1.165, 1.54) is 0 Å². The van der Waals surface area contributed by atoms with Crippen molar-refractivity contribution < 1.29 is 14.6 Å². The van der Waals surface area contributed by atoms with Gasteiger partial charge in [-0.2, -0.15) is 0 Å². The standard InChI is InChI=1S/C13H26N2O3/c1-18-9-12(16)6-7-15-13(17)11-4-2-10(8-14)3-5-11/h10-12,16H,2-9,14H2,1H3,(H,15,17). The average Bonchev–Trinajstić information content (AvgIpc) is 2.39. The van der Waals surface area contributed by atoms with Crippen LogP contribution in [0.2, 0.25) is 0 Å². The van der Waals surface area contributed by atoms with E-state index in [4.69, 9.17) is 10.5 Å². The van der Waals surface area contributed by atoms with Crippen molar-refractivity contribution in [2.75, 3.05) is 26.8 Å². The fraction of sp³-hybridized carbons (Fsp3) is 0.923. The molecular weight excluding hydrogens is 232 g/mol. The summed E-state index contributed by atoms with van der Waals surface area (Å²) in [6, 6.07) is 0. The molecule has 4 N–H and O–H groups in total. The molecule has 1 aliphatic carbocycles. The summed E-state index contributed by atoms with van der Waals surface area (Å²) in [4.78, 5) is 11.9. The molecule has 1 unspecified atom stereocenters. The van der Waals surface area contributed by atoms with Crippen molar-refractivity contribution in [2.24, 2.45) is 17.6 Å². The Morgan fingerprint density at radius 3 is 2.67 bits per heavy atom. The highest BCUT2D eigenvalue weighted by molar-refractivity contribution is 5.78. The maximum atomic E-state index is 11.9. The zero-order chi connectivity index (χ0) is 13.4. The molecule has 0 aromatic carbocycles. The van der Waals surface area contributed by atoms with Gasteiger partial charge in [0.15, 0.2) is 0 Å². The number of carbonyl (C=O) groups excluding carboxylic acids is 1. The predicted molar refractivity (Wildman–Crippen MR) is 70.0 cm³/mol. The van der Waals surface area contributed by atoms with E-state index in [9.17, 15) is 9.90 Å². The first-order valence-corrected chi connectivity index (χ1v) is 6.82. The van der Waals surface area contributed by atoms with E-state index in [-0.39, 0.29) is 11.8 Å². The van der Waals surface area contributed by atoms with Crippen LogP contribution in [0.15, 0.2) is 0 Å². The van der Waals surface area contributed by atoms with E-state index in [1.807, 2.05) is 0 Å². The van der Waals surface area contributed by atoms with Gasteiger partial charge in [0, 0.05) is 19.6 Å². The van der Waals surface area contributed by atoms with Gasteiger partial charge in [-0.3, -0.25) is 4.79 Å². The number of ether oxygens (including phenoxy) is 1. The van der Waals surface area contributed by atoms with Crippen molar-refractivity contribution >= 4 is 5.91 Å².